The smallest absolute Gasteiger partial charge is 0.230 e. The number of carbonyl (C=O) groups is 1. The fourth-order valence-electron chi connectivity index (χ4n) is 3.76. The number of nitrogens with one attached hydrogen (secondary N) is 1. The van der Waals surface area contributed by atoms with Crippen molar-refractivity contribution in [3.63, 3.8) is 0 Å². The van der Waals surface area contributed by atoms with Crippen molar-refractivity contribution in [3.8, 4) is 5.69 Å². The Bertz CT molecular complexity index is 939. The number of amides is 1. The number of imidazole rings is 1. The molecule has 1 aliphatic heterocycles. The molecule has 0 spiro atoms. The van der Waals surface area contributed by atoms with Gasteiger partial charge in [-0.25, -0.2) is 13.4 Å². The number of nitrogens with zero attached hydrogens (tertiary/aromatic N) is 2. The third-order valence-corrected chi connectivity index (χ3v) is 7.75. The number of hydrogen-bond donors (Lipinski definition) is 1. The molecule has 1 saturated heterocycles. The number of hydrogen-bond acceptors (Lipinski definition) is 5. The van der Waals surface area contributed by atoms with Crippen LogP contribution in [0.3, 0.4) is 0 Å². The zero-order valence-electron chi connectivity index (χ0n) is 15.1. The quantitative estimate of drug-likeness (QED) is 0.771. The number of aryl methyl sites for hydroxylation is 1. The summed E-state index contributed by atoms with van der Waals surface area (Å²) in [6.45, 7) is 0. The molecule has 1 amide bonds. The highest BCUT2D eigenvalue weighted by Gasteiger charge is 2.29. The van der Waals surface area contributed by atoms with Crippen LogP contribution in [0.25, 0.3) is 5.69 Å². The van der Waals surface area contributed by atoms with E-state index in [0.717, 1.165) is 42.2 Å². The first kappa shape index (κ1) is 18.6. The molecule has 27 heavy (non-hydrogen) atoms. The van der Waals surface area contributed by atoms with Crippen LogP contribution in [0.1, 0.15) is 30.7 Å². The number of sulfone groups is 1. The maximum absolute atomic E-state index is 12.3. The van der Waals surface area contributed by atoms with Gasteiger partial charge in [0.05, 0.1) is 23.0 Å². The number of aromatic nitrogens is 2. The van der Waals surface area contributed by atoms with Crippen LogP contribution in [0.15, 0.2) is 35.5 Å². The van der Waals surface area contributed by atoms with Gasteiger partial charge in [0.25, 0.3) is 0 Å². The van der Waals surface area contributed by atoms with Gasteiger partial charge in [-0.3, -0.25) is 9.36 Å². The van der Waals surface area contributed by atoms with E-state index in [1.165, 1.54) is 17.5 Å². The van der Waals surface area contributed by atoms with Crippen molar-refractivity contribution in [2.45, 2.75) is 43.3 Å². The van der Waals surface area contributed by atoms with Gasteiger partial charge in [0.1, 0.15) is 0 Å². The second-order valence-electron chi connectivity index (χ2n) is 7.12. The molecule has 1 aromatic carbocycles. The molecule has 2 aromatic rings. The molecule has 8 heteroatoms. The van der Waals surface area contributed by atoms with E-state index < -0.39 is 9.84 Å². The highest BCUT2D eigenvalue weighted by molar-refractivity contribution is 7.99. The molecule has 2 aliphatic rings. The van der Waals surface area contributed by atoms with Crippen LogP contribution >= 0.6 is 11.8 Å². The summed E-state index contributed by atoms with van der Waals surface area (Å²) in [5.74, 6) is 0.314. The van der Waals surface area contributed by atoms with E-state index in [1.54, 1.807) is 0 Å². The Morgan fingerprint density at radius 3 is 2.74 bits per heavy atom. The summed E-state index contributed by atoms with van der Waals surface area (Å²) in [5, 5.41) is 3.69. The van der Waals surface area contributed by atoms with E-state index in [0.29, 0.717) is 6.42 Å². The molecule has 1 N–H and O–H groups in total. The highest BCUT2D eigenvalue weighted by Crippen LogP contribution is 2.30. The zero-order valence-corrected chi connectivity index (χ0v) is 16.7. The predicted octanol–water partition coefficient (Wildman–Crippen LogP) is 2.15. The fourth-order valence-corrected chi connectivity index (χ4v) is 6.30. The first-order chi connectivity index (χ1) is 13.0. The van der Waals surface area contributed by atoms with Crippen LogP contribution in [-0.2, 0) is 27.5 Å². The van der Waals surface area contributed by atoms with Crippen LogP contribution < -0.4 is 5.32 Å². The third-order valence-electron chi connectivity index (χ3n) is 5.05. The van der Waals surface area contributed by atoms with Gasteiger partial charge in [-0.05, 0) is 44.2 Å². The average Bonchev–Trinajstić information content (AvgIpc) is 3.20. The van der Waals surface area contributed by atoms with Gasteiger partial charge < -0.3 is 5.32 Å². The monoisotopic (exact) mass is 405 g/mol. The lowest BCUT2D eigenvalue weighted by Gasteiger charge is -2.15. The molecule has 1 aliphatic carbocycles. The minimum absolute atomic E-state index is 0.0519. The lowest BCUT2D eigenvalue weighted by molar-refractivity contribution is -0.119. The van der Waals surface area contributed by atoms with Gasteiger partial charge in [-0.1, -0.05) is 30.0 Å². The molecular formula is C19H23N3O3S2. The lowest BCUT2D eigenvalue weighted by atomic mass is 10.0. The largest absolute Gasteiger partial charge is 0.352 e. The minimum atomic E-state index is -2.99. The Morgan fingerprint density at radius 2 is 2.00 bits per heavy atom. The van der Waals surface area contributed by atoms with Gasteiger partial charge in [0, 0.05) is 17.4 Å². The van der Waals surface area contributed by atoms with Crippen LogP contribution in [0.4, 0.5) is 0 Å². The number of carbonyl (C=O) groups excluding carboxylic acids is 1. The van der Waals surface area contributed by atoms with E-state index in [1.807, 2.05) is 18.2 Å². The average molecular weight is 406 g/mol. The summed E-state index contributed by atoms with van der Waals surface area (Å²) in [7, 11) is -2.99. The van der Waals surface area contributed by atoms with Crippen molar-refractivity contribution in [3.05, 3.63) is 41.7 Å². The standard InChI is InChI=1S/C19H23N3O3S2/c23-18(20-14-10-11-27(24,25)13-14)12-26-19-21-16-8-4-5-9-17(16)22(19)15-6-2-1-3-7-15/h1-3,6-7,14H,4-5,8-13H2,(H,20,23)/t14-/m0/s1. The molecule has 0 bridgehead atoms. The molecule has 0 radical (unpaired) electrons. The van der Waals surface area contributed by atoms with E-state index >= 15 is 0 Å². The number of benzene rings is 1. The highest BCUT2D eigenvalue weighted by atomic mass is 32.2. The second-order valence-corrected chi connectivity index (χ2v) is 10.3. The summed E-state index contributed by atoms with van der Waals surface area (Å²) in [6.07, 6.45) is 4.80. The third kappa shape index (κ3) is 4.21. The zero-order chi connectivity index (χ0) is 18.9. The maximum atomic E-state index is 12.3. The van der Waals surface area contributed by atoms with Gasteiger partial charge in [0.2, 0.25) is 5.91 Å². The Morgan fingerprint density at radius 1 is 1.22 bits per heavy atom. The molecule has 0 unspecified atom stereocenters. The summed E-state index contributed by atoms with van der Waals surface area (Å²) < 4.78 is 25.3. The van der Waals surface area contributed by atoms with E-state index in [4.69, 9.17) is 4.98 Å². The number of fused-ring (bicyclic) bond motifs is 1. The van der Waals surface area contributed by atoms with Crippen LogP contribution in [0.2, 0.25) is 0 Å². The number of para-hydroxylation sites is 1. The molecule has 1 fully saturated rings. The second kappa shape index (κ2) is 7.67. The first-order valence-corrected chi connectivity index (χ1v) is 12.1. The van der Waals surface area contributed by atoms with Crippen LogP contribution in [0, 0.1) is 0 Å². The SMILES string of the molecule is O=C(CSc1nc2c(n1-c1ccccc1)CCCC2)N[C@H]1CCS(=O)(=O)C1. The van der Waals surface area contributed by atoms with Crippen molar-refractivity contribution in [1.82, 2.24) is 14.9 Å². The summed E-state index contributed by atoms with van der Waals surface area (Å²) in [5.41, 5.74) is 3.45. The van der Waals surface area contributed by atoms with Crippen molar-refractivity contribution in [2.24, 2.45) is 0 Å². The first-order valence-electron chi connectivity index (χ1n) is 9.30. The predicted molar refractivity (Wildman–Crippen MR) is 106 cm³/mol. The van der Waals surface area contributed by atoms with E-state index in [9.17, 15) is 13.2 Å². The fraction of sp³-hybridized carbons (Fsp3) is 0.474. The topological polar surface area (TPSA) is 81.1 Å². The Labute approximate surface area is 163 Å². The van der Waals surface area contributed by atoms with Crippen molar-refractivity contribution < 1.29 is 13.2 Å². The lowest BCUT2D eigenvalue weighted by Crippen LogP contribution is -2.36. The maximum Gasteiger partial charge on any atom is 0.230 e. The molecule has 1 atom stereocenters. The Kier molecular flexibility index (Phi) is 5.27. The molecule has 6 nitrogen and oxygen atoms in total. The van der Waals surface area contributed by atoms with Gasteiger partial charge in [-0.15, -0.1) is 0 Å². The van der Waals surface area contributed by atoms with Gasteiger partial charge in [0.15, 0.2) is 15.0 Å². The van der Waals surface area contributed by atoms with Crippen molar-refractivity contribution >= 4 is 27.5 Å². The minimum Gasteiger partial charge on any atom is -0.352 e. The van der Waals surface area contributed by atoms with Crippen LogP contribution in [0.5, 0.6) is 0 Å². The van der Waals surface area contributed by atoms with E-state index in [2.05, 4.69) is 22.0 Å². The summed E-state index contributed by atoms with van der Waals surface area (Å²) in [6, 6.07) is 9.86. The number of thioether (sulfide) groups is 1. The summed E-state index contributed by atoms with van der Waals surface area (Å²) in [4.78, 5) is 17.1. The van der Waals surface area contributed by atoms with Crippen LogP contribution in [-0.4, -0.2) is 47.2 Å². The molecule has 0 saturated carbocycles. The molecule has 2 heterocycles. The van der Waals surface area contributed by atoms with Gasteiger partial charge >= 0.3 is 0 Å². The molecule has 144 valence electrons. The normalized spacial score (nSPS) is 21.0. The molecule has 4 rings (SSSR count). The molecule has 1 aromatic heterocycles. The Balaban J connectivity index is 1.49. The Hall–Kier alpha value is -1.80. The number of rotatable bonds is 5. The van der Waals surface area contributed by atoms with Crippen molar-refractivity contribution in [1.29, 1.82) is 0 Å². The van der Waals surface area contributed by atoms with Gasteiger partial charge in [-0.2, -0.15) is 0 Å². The summed E-state index contributed by atoms with van der Waals surface area (Å²) >= 11 is 1.42. The van der Waals surface area contributed by atoms with Crippen molar-refractivity contribution in [2.75, 3.05) is 17.3 Å². The molecular weight excluding hydrogens is 382 g/mol. The van der Waals surface area contributed by atoms with E-state index in [-0.39, 0.29) is 29.2 Å².